The van der Waals surface area contributed by atoms with Crippen LogP contribution in [0.5, 0.6) is 0 Å². The largest absolute Gasteiger partial charge is 0.0775 e. The SMILES string of the molecule is CCCCC1=Cc2c(cccc2-c2ccc([Si](C)(C)C)cc2)C1. The third kappa shape index (κ3) is 3.50. The lowest BCUT2D eigenvalue weighted by atomic mass is 9.97. The predicted octanol–water partition coefficient (Wildman–Crippen LogP) is 6.03. The van der Waals surface area contributed by atoms with E-state index in [1.54, 1.807) is 5.57 Å². The van der Waals surface area contributed by atoms with Gasteiger partial charge in [-0.25, -0.2) is 0 Å². The number of unbranched alkanes of at least 4 members (excludes halogenated alkanes) is 1. The van der Waals surface area contributed by atoms with Gasteiger partial charge in [-0.2, -0.15) is 0 Å². The van der Waals surface area contributed by atoms with E-state index in [-0.39, 0.29) is 0 Å². The van der Waals surface area contributed by atoms with Gasteiger partial charge in [-0.3, -0.25) is 0 Å². The lowest BCUT2D eigenvalue weighted by Crippen LogP contribution is -2.37. The summed E-state index contributed by atoms with van der Waals surface area (Å²) in [4.78, 5) is 0. The van der Waals surface area contributed by atoms with Crippen LogP contribution in [0.3, 0.4) is 0 Å². The molecule has 1 aliphatic carbocycles. The Kier molecular flexibility index (Phi) is 4.59. The lowest BCUT2D eigenvalue weighted by molar-refractivity contribution is 0.779. The molecule has 2 aromatic rings. The lowest BCUT2D eigenvalue weighted by Gasteiger charge is -2.17. The Labute approximate surface area is 142 Å². The molecular weight excluding hydrogens is 292 g/mol. The highest BCUT2D eigenvalue weighted by Crippen LogP contribution is 2.35. The minimum Gasteiger partial charge on any atom is -0.0656 e. The average molecular weight is 321 g/mol. The molecule has 3 rings (SSSR count). The Morgan fingerprint density at radius 3 is 2.35 bits per heavy atom. The third-order valence-electron chi connectivity index (χ3n) is 4.88. The van der Waals surface area contributed by atoms with Gasteiger partial charge in [0.1, 0.15) is 0 Å². The van der Waals surface area contributed by atoms with Crippen LogP contribution in [-0.2, 0) is 6.42 Å². The fourth-order valence-corrected chi connectivity index (χ4v) is 4.57. The van der Waals surface area contributed by atoms with Crippen molar-refractivity contribution in [1.82, 2.24) is 0 Å². The number of hydrogen-bond acceptors (Lipinski definition) is 0. The molecule has 0 spiro atoms. The summed E-state index contributed by atoms with van der Waals surface area (Å²) in [5.74, 6) is 0. The van der Waals surface area contributed by atoms with E-state index in [1.807, 2.05) is 0 Å². The summed E-state index contributed by atoms with van der Waals surface area (Å²) >= 11 is 0. The Balaban J connectivity index is 1.93. The zero-order valence-electron chi connectivity index (χ0n) is 14.9. The summed E-state index contributed by atoms with van der Waals surface area (Å²) in [6.45, 7) is 9.50. The number of hydrogen-bond donors (Lipinski definition) is 0. The van der Waals surface area contributed by atoms with Crippen molar-refractivity contribution in [3.8, 4) is 11.1 Å². The van der Waals surface area contributed by atoms with E-state index < -0.39 is 8.07 Å². The van der Waals surface area contributed by atoms with Crippen molar-refractivity contribution in [2.24, 2.45) is 0 Å². The zero-order chi connectivity index (χ0) is 16.4. The van der Waals surface area contributed by atoms with E-state index in [0.29, 0.717) is 0 Å². The summed E-state index contributed by atoms with van der Waals surface area (Å²) in [6.07, 6.45) is 7.43. The van der Waals surface area contributed by atoms with Gasteiger partial charge in [-0.05, 0) is 41.5 Å². The van der Waals surface area contributed by atoms with Crippen molar-refractivity contribution in [2.75, 3.05) is 0 Å². The van der Waals surface area contributed by atoms with E-state index >= 15 is 0 Å². The van der Waals surface area contributed by atoms with E-state index in [4.69, 9.17) is 0 Å². The van der Waals surface area contributed by atoms with Gasteiger partial charge in [0.05, 0.1) is 8.07 Å². The fourth-order valence-electron chi connectivity index (χ4n) is 3.40. The molecule has 0 amide bonds. The van der Waals surface area contributed by atoms with Gasteiger partial charge in [-0.1, -0.05) is 92.3 Å². The highest BCUT2D eigenvalue weighted by molar-refractivity contribution is 6.88. The topological polar surface area (TPSA) is 0 Å². The van der Waals surface area contributed by atoms with Crippen LogP contribution in [0.1, 0.15) is 37.3 Å². The maximum atomic E-state index is 2.45. The van der Waals surface area contributed by atoms with Crippen LogP contribution in [0.25, 0.3) is 17.2 Å². The van der Waals surface area contributed by atoms with Crippen LogP contribution in [0.4, 0.5) is 0 Å². The van der Waals surface area contributed by atoms with Gasteiger partial charge >= 0.3 is 0 Å². The minimum atomic E-state index is -1.22. The molecule has 0 heterocycles. The molecule has 0 bridgehead atoms. The average Bonchev–Trinajstić information content (AvgIpc) is 2.95. The van der Waals surface area contributed by atoms with Crippen molar-refractivity contribution in [3.05, 3.63) is 59.2 Å². The van der Waals surface area contributed by atoms with E-state index in [2.05, 4.69) is 75.1 Å². The zero-order valence-corrected chi connectivity index (χ0v) is 15.9. The summed E-state index contributed by atoms with van der Waals surface area (Å²) in [5, 5.41) is 1.54. The van der Waals surface area contributed by atoms with Gasteiger partial charge in [0.2, 0.25) is 0 Å². The van der Waals surface area contributed by atoms with E-state index in [9.17, 15) is 0 Å². The first-order valence-corrected chi connectivity index (χ1v) is 12.4. The minimum absolute atomic E-state index is 1.15. The molecule has 0 aromatic heterocycles. The van der Waals surface area contributed by atoms with Gasteiger partial charge in [0.25, 0.3) is 0 Å². The maximum absolute atomic E-state index is 2.45. The van der Waals surface area contributed by atoms with Crippen LogP contribution < -0.4 is 5.19 Å². The molecule has 0 radical (unpaired) electrons. The molecule has 0 nitrogen and oxygen atoms in total. The predicted molar refractivity (Wildman–Crippen MR) is 106 cm³/mol. The molecule has 0 atom stereocenters. The molecule has 23 heavy (non-hydrogen) atoms. The quantitative estimate of drug-likeness (QED) is 0.590. The van der Waals surface area contributed by atoms with Gasteiger partial charge in [0, 0.05) is 0 Å². The number of fused-ring (bicyclic) bond motifs is 1. The molecule has 0 saturated heterocycles. The normalized spacial score (nSPS) is 13.8. The Bertz CT molecular complexity index is 715. The summed E-state index contributed by atoms with van der Waals surface area (Å²) in [6, 6.07) is 16.1. The van der Waals surface area contributed by atoms with Crippen molar-refractivity contribution in [1.29, 1.82) is 0 Å². The molecule has 0 fully saturated rings. The number of rotatable bonds is 5. The molecule has 0 unspecified atom stereocenters. The molecule has 0 N–H and O–H groups in total. The Morgan fingerprint density at radius 1 is 0.957 bits per heavy atom. The monoisotopic (exact) mass is 320 g/mol. The summed E-state index contributed by atoms with van der Waals surface area (Å²) in [5.41, 5.74) is 7.32. The van der Waals surface area contributed by atoms with E-state index in [1.165, 1.54) is 46.7 Å². The first kappa shape index (κ1) is 16.3. The van der Waals surface area contributed by atoms with E-state index in [0.717, 1.165) is 6.42 Å². The van der Waals surface area contributed by atoms with Crippen LogP contribution in [-0.4, -0.2) is 8.07 Å². The van der Waals surface area contributed by atoms with Crippen molar-refractivity contribution in [2.45, 2.75) is 52.2 Å². The fraction of sp³-hybridized carbons (Fsp3) is 0.364. The van der Waals surface area contributed by atoms with Crippen molar-refractivity contribution >= 4 is 19.3 Å². The van der Waals surface area contributed by atoms with Crippen LogP contribution in [0, 0.1) is 0 Å². The van der Waals surface area contributed by atoms with Gasteiger partial charge < -0.3 is 0 Å². The summed E-state index contributed by atoms with van der Waals surface area (Å²) in [7, 11) is -1.22. The first-order chi connectivity index (χ1) is 11.0. The van der Waals surface area contributed by atoms with Gasteiger partial charge in [0.15, 0.2) is 0 Å². The van der Waals surface area contributed by atoms with Crippen LogP contribution >= 0.6 is 0 Å². The second kappa shape index (κ2) is 6.49. The van der Waals surface area contributed by atoms with Gasteiger partial charge in [-0.15, -0.1) is 0 Å². The molecule has 1 heteroatoms. The summed E-state index contributed by atoms with van der Waals surface area (Å²) < 4.78 is 0. The standard InChI is InChI=1S/C22H28Si/c1-5-6-8-17-15-19-9-7-10-21(22(19)16-17)18-11-13-20(14-12-18)23(2,3)4/h7,9-14,16H,5-6,8,15H2,1-4H3. The number of allylic oxidation sites excluding steroid dienone is 1. The highest BCUT2D eigenvalue weighted by atomic mass is 28.3. The molecule has 1 aliphatic rings. The Morgan fingerprint density at radius 2 is 1.70 bits per heavy atom. The Hall–Kier alpha value is -1.60. The second-order valence-electron chi connectivity index (χ2n) is 7.79. The third-order valence-corrected chi connectivity index (χ3v) is 6.94. The molecule has 0 aliphatic heterocycles. The first-order valence-electron chi connectivity index (χ1n) is 8.91. The molecule has 120 valence electrons. The van der Waals surface area contributed by atoms with Crippen molar-refractivity contribution < 1.29 is 0 Å². The smallest absolute Gasteiger partial charge is 0.0656 e. The molecular formula is C22H28Si. The van der Waals surface area contributed by atoms with Crippen molar-refractivity contribution in [3.63, 3.8) is 0 Å². The van der Waals surface area contributed by atoms with Crippen LogP contribution in [0.2, 0.25) is 19.6 Å². The van der Waals surface area contributed by atoms with Crippen LogP contribution in [0.15, 0.2) is 48.0 Å². The molecule has 0 saturated carbocycles. The second-order valence-corrected chi connectivity index (χ2v) is 12.9. The number of benzene rings is 2. The molecule has 2 aromatic carbocycles. The maximum Gasteiger partial charge on any atom is 0.0775 e. The highest BCUT2D eigenvalue weighted by Gasteiger charge is 2.18.